The minimum absolute atomic E-state index is 0.0149. The maximum absolute atomic E-state index is 12.6. The van der Waals surface area contributed by atoms with Gasteiger partial charge < -0.3 is 14.9 Å². The molecule has 0 fully saturated rings. The van der Waals surface area contributed by atoms with E-state index >= 15 is 0 Å². The lowest BCUT2D eigenvalue weighted by molar-refractivity contribution is -0.137. The Kier molecular flexibility index (Phi) is 5.61. The van der Waals surface area contributed by atoms with Crippen molar-refractivity contribution in [1.29, 1.82) is 0 Å². The minimum atomic E-state index is -4.46. The molecule has 0 saturated heterocycles. The summed E-state index contributed by atoms with van der Waals surface area (Å²) in [7, 11) is 0. The molecule has 0 unspecified atom stereocenters. The van der Waals surface area contributed by atoms with Gasteiger partial charge in [0.2, 0.25) is 5.82 Å². The second-order valence-electron chi connectivity index (χ2n) is 5.60. The molecule has 2 N–H and O–H groups in total. The minimum Gasteiger partial charge on any atom is -0.394 e. The van der Waals surface area contributed by atoms with Gasteiger partial charge in [-0.1, -0.05) is 28.9 Å². The highest BCUT2D eigenvalue weighted by molar-refractivity contribution is 6.30. The molecule has 0 saturated carbocycles. The first-order chi connectivity index (χ1) is 13.3. The molecule has 146 valence electrons. The lowest BCUT2D eigenvalue weighted by Crippen LogP contribution is -2.31. The normalized spacial score (nSPS) is 12.6. The largest absolute Gasteiger partial charge is 0.416 e. The summed E-state index contributed by atoms with van der Waals surface area (Å²) in [5.41, 5.74) is -0.466. The molecule has 1 atom stereocenters. The van der Waals surface area contributed by atoms with Crippen LogP contribution in [0.2, 0.25) is 5.02 Å². The number of nitrogens with zero attached hydrogens (tertiary/aromatic N) is 3. The Bertz CT molecular complexity index is 959. The van der Waals surface area contributed by atoms with Gasteiger partial charge in [0.25, 0.3) is 11.8 Å². The number of pyridine rings is 1. The van der Waals surface area contributed by atoms with E-state index in [-0.39, 0.29) is 23.0 Å². The van der Waals surface area contributed by atoms with E-state index in [1.165, 1.54) is 30.5 Å². The van der Waals surface area contributed by atoms with Gasteiger partial charge in [0, 0.05) is 11.8 Å². The van der Waals surface area contributed by atoms with Crippen molar-refractivity contribution in [2.24, 2.45) is 0 Å². The van der Waals surface area contributed by atoms with E-state index < -0.39 is 30.3 Å². The van der Waals surface area contributed by atoms with Gasteiger partial charge in [0.05, 0.1) is 17.2 Å². The average molecular weight is 413 g/mol. The van der Waals surface area contributed by atoms with Gasteiger partial charge in [-0.3, -0.25) is 4.79 Å². The summed E-state index contributed by atoms with van der Waals surface area (Å²) in [6.45, 7) is -0.548. The molecule has 0 spiro atoms. The van der Waals surface area contributed by atoms with Crippen molar-refractivity contribution in [3.8, 4) is 11.4 Å². The summed E-state index contributed by atoms with van der Waals surface area (Å²) >= 11 is 5.71. The van der Waals surface area contributed by atoms with Crippen molar-refractivity contribution in [3.05, 3.63) is 64.8 Å². The number of carbonyl (C=O) groups is 1. The standard InChI is InChI=1S/C17H12ClF3N4O3/c18-11-5-6-12(22-7-11)15(27)23-13(8-26)16-24-14(25-28-16)9-1-3-10(4-2-9)17(19,20)21/h1-7,13,26H,8H2,(H,23,27)/t13-/m0/s1. The summed E-state index contributed by atoms with van der Waals surface area (Å²) in [6, 6.07) is 6.02. The molecule has 0 aliphatic carbocycles. The number of hydrogen-bond donors (Lipinski definition) is 2. The Balaban J connectivity index is 1.75. The molecule has 0 radical (unpaired) electrons. The molecule has 11 heteroatoms. The molecule has 0 aliphatic rings. The van der Waals surface area contributed by atoms with Crippen LogP contribution in [0.3, 0.4) is 0 Å². The SMILES string of the molecule is O=C(N[C@@H](CO)c1nc(-c2ccc(C(F)(F)F)cc2)no1)c1ccc(Cl)cn1. The topological polar surface area (TPSA) is 101 Å². The van der Waals surface area contributed by atoms with Crippen LogP contribution in [-0.2, 0) is 6.18 Å². The lowest BCUT2D eigenvalue weighted by Gasteiger charge is -2.11. The Morgan fingerprint density at radius 2 is 1.93 bits per heavy atom. The van der Waals surface area contributed by atoms with Crippen LogP contribution in [0.4, 0.5) is 13.2 Å². The van der Waals surface area contributed by atoms with Gasteiger partial charge in [-0.25, -0.2) is 4.98 Å². The van der Waals surface area contributed by atoms with Gasteiger partial charge in [-0.2, -0.15) is 18.2 Å². The fourth-order valence-electron chi connectivity index (χ4n) is 2.23. The van der Waals surface area contributed by atoms with Gasteiger partial charge in [-0.05, 0) is 24.3 Å². The van der Waals surface area contributed by atoms with Crippen LogP contribution in [0.5, 0.6) is 0 Å². The number of rotatable bonds is 5. The maximum Gasteiger partial charge on any atom is 0.416 e. The van der Waals surface area contributed by atoms with Crippen molar-refractivity contribution in [3.63, 3.8) is 0 Å². The molecule has 3 aromatic rings. The molecule has 7 nitrogen and oxygen atoms in total. The summed E-state index contributed by atoms with van der Waals surface area (Å²) in [6.07, 6.45) is -3.16. The fraction of sp³-hybridized carbons (Fsp3) is 0.176. The smallest absolute Gasteiger partial charge is 0.394 e. The van der Waals surface area contributed by atoms with E-state index in [2.05, 4.69) is 20.4 Å². The summed E-state index contributed by atoms with van der Waals surface area (Å²) < 4.78 is 42.9. The highest BCUT2D eigenvalue weighted by atomic mass is 35.5. The third kappa shape index (κ3) is 4.46. The molecule has 0 aliphatic heterocycles. The number of hydrogen-bond acceptors (Lipinski definition) is 6. The number of alkyl halides is 3. The number of amides is 1. The van der Waals surface area contributed by atoms with Gasteiger partial charge in [-0.15, -0.1) is 0 Å². The van der Waals surface area contributed by atoms with Crippen LogP contribution in [0.15, 0.2) is 47.1 Å². The third-order valence-electron chi connectivity index (χ3n) is 3.66. The number of aliphatic hydroxyl groups is 1. The van der Waals surface area contributed by atoms with Crippen LogP contribution >= 0.6 is 11.6 Å². The van der Waals surface area contributed by atoms with E-state index in [4.69, 9.17) is 16.1 Å². The van der Waals surface area contributed by atoms with Crippen molar-refractivity contribution in [2.45, 2.75) is 12.2 Å². The number of halogens is 4. The maximum atomic E-state index is 12.6. The monoisotopic (exact) mass is 412 g/mol. The van der Waals surface area contributed by atoms with Crippen LogP contribution in [0.1, 0.15) is 28.0 Å². The summed E-state index contributed by atoms with van der Waals surface area (Å²) in [4.78, 5) is 20.1. The van der Waals surface area contributed by atoms with E-state index in [0.717, 1.165) is 12.1 Å². The Morgan fingerprint density at radius 3 is 2.50 bits per heavy atom. The Morgan fingerprint density at radius 1 is 1.21 bits per heavy atom. The lowest BCUT2D eigenvalue weighted by atomic mass is 10.1. The average Bonchev–Trinajstić information content (AvgIpc) is 3.16. The zero-order chi connectivity index (χ0) is 20.3. The third-order valence-corrected chi connectivity index (χ3v) is 3.88. The molecular formula is C17H12ClF3N4O3. The second kappa shape index (κ2) is 7.95. The molecule has 1 aromatic carbocycles. The quantitative estimate of drug-likeness (QED) is 0.667. The molecule has 0 bridgehead atoms. The van der Waals surface area contributed by atoms with Crippen LogP contribution in [-0.4, -0.2) is 32.7 Å². The molecule has 3 rings (SSSR count). The molecular weight excluding hydrogens is 401 g/mol. The van der Waals surface area contributed by atoms with Crippen molar-refractivity contribution in [2.75, 3.05) is 6.61 Å². The van der Waals surface area contributed by atoms with Gasteiger partial charge in [0.15, 0.2) is 0 Å². The summed E-state index contributed by atoms with van der Waals surface area (Å²) in [5, 5.41) is 16.0. The predicted octanol–water partition coefficient (Wildman–Crippen LogP) is 3.27. The fourth-order valence-corrected chi connectivity index (χ4v) is 2.34. The molecule has 2 heterocycles. The molecule has 28 heavy (non-hydrogen) atoms. The number of aliphatic hydroxyl groups excluding tert-OH is 1. The second-order valence-corrected chi connectivity index (χ2v) is 6.04. The van der Waals surface area contributed by atoms with Crippen molar-refractivity contribution in [1.82, 2.24) is 20.4 Å². The first-order valence-corrected chi connectivity index (χ1v) is 8.20. The molecule has 2 aromatic heterocycles. The molecule has 1 amide bonds. The first kappa shape index (κ1) is 19.8. The predicted molar refractivity (Wildman–Crippen MR) is 91.3 cm³/mol. The number of benzene rings is 1. The number of aromatic nitrogens is 3. The zero-order valence-electron chi connectivity index (χ0n) is 13.9. The Labute approximate surface area is 161 Å². The van der Waals surface area contributed by atoms with E-state index in [9.17, 15) is 23.1 Å². The number of nitrogens with one attached hydrogen (secondary N) is 1. The van der Waals surface area contributed by atoms with Crippen LogP contribution in [0.25, 0.3) is 11.4 Å². The van der Waals surface area contributed by atoms with E-state index in [1.807, 2.05) is 0 Å². The van der Waals surface area contributed by atoms with E-state index in [0.29, 0.717) is 5.02 Å². The highest BCUT2D eigenvalue weighted by Gasteiger charge is 2.30. The summed E-state index contributed by atoms with van der Waals surface area (Å²) in [5.74, 6) is -0.703. The first-order valence-electron chi connectivity index (χ1n) is 7.82. The van der Waals surface area contributed by atoms with Crippen molar-refractivity contribution < 1.29 is 27.6 Å². The van der Waals surface area contributed by atoms with Crippen molar-refractivity contribution >= 4 is 17.5 Å². The van der Waals surface area contributed by atoms with Gasteiger partial charge >= 0.3 is 6.18 Å². The van der Waals surface area contributed by atoms with Crippen LogP contribution in [0, 0.1) is 0 Å². The van der Waals surface area contributed by atoms with Crippen LogP contribution < -0.4 is 5.32 Å². The van der Waals surface area contributed by atoms with E-state index in [1.54, 1.807) is 0 Å². The Hall–Kier alpha value is -2.98. The number of carbonyl (C=O) groups excluding carboxylic acids is 1. The van der Waals surface area contributed by atoms with Gasteiger partial charge in [0.1, 0.15) is 11.7 Å². The zero-order valence-corrected chi connectivity index (χ0v) is 14.7. The highest BCUT2D eigenvalue weighted by Crippen LogP contribution is 2.30.